The van der Waals surface area contributed by atoms with Crippen LogP contribution in [0.25, 0.3) is 16.9 Å². The normalized spacial score (nSPS) is 21.3. The van der Waals surface area contributed by atoms with Crippen molar-refractivity contribution in [1.82, 2.24) is 34.1 Å². The average Bonchev–Trinajstić information content (AvgIpc) is 3.42. The SMILES string of the molecule is CS(=O)(=O)N1CCC(Nc2nc3cnc(-c4cn[nH]c4)c(N4CCCC(F)C4)n3n2)CC1. The Morgan fingerprint density at radius 3 is 2.69 bits per heavy atom. The molecule has 172 valence electrons. The van der Waals surface area contributed by atoms with Crippen molar-refractivity contribution in [2.45, 2.75) is 37.9 Å². The van der Waals surface area contributed by atoms with E-state index in [4.69, 9.17) is 0 Å². The van der Waals surface area contributed by atoms with Crippen molar-refractivity contribution in [1.29, 1.82) is 0 Å². The lowest BCUT2D eigenvalue weighted by Crippen LogP contribution is -2.42. The van der Waals surface area contributed by atoms with E-state index < -0.39 is 16.2 Å². The Balaban J connectivity index is 1.45. The third-order valence-electron chi connectivity index (χ3n) is 6.04. The summed E-state index contributed by atoms with van der Waals surface area (Å²) in [6, 6.07) is 0.0698. The van der Waals surface area contributed by atoms with Gasteiger partial charge in [0.2, 0.25) is 16.0 Å². The number of nitrogens with zero attached hydrogens (tertiary/aromatic N) is 7. The number of nitrogens with one attached hydrogen (secondary N) is 2. The number of rotatable bonds is 5. The molecule has 0 aromatic carbocycles. The van der Waals surface area contributed by atoms with Crippen LogP contribution in [0.3, 0.4) is 0 Å². The average molecular weight is 464 g/mol. The summed E-state index contributed by atoms with van der Waals surface area (Å²) in [5.41, 5.74) is 2.02. The topological polar surface area (TPSA) is 124 Å². The van der Waals surface area contributed by atoms with Crippen LogP contribution in [0.15, 0.2) is 18.6 Å². The third kappa shape index (κ3) is 4.13. The Hall–Kier alpha value is -2.80. The molecule has 3 aromatic rings. The lowest BCUT2D eigenvalue weighted by Gasteiger charge is -2.31. The van der Waals surface area contributed by atoms with E-state index in [2.05, 4.69) is 30.6 Å². The van der Waals surface area contributed by atoms with Crippen molar-refractivity contribution in [3.8, 4) is 11.3 Å². The van der Waals surface area contributed by atoms with Crippen LogP contribution in [0.2, 0.25) is 0 Å². The quantitative estimate of drug-likeness (QED) is 0.580. The molecular weight excluding hydrogens is 437 g/mol. The number of anilines is 2. The maximum atomic E-state index is 14.2. The number of aromatic amines is 1. The summed E-state index contributed by atoms with van der Waals surface area (Å²) in [5.74, 6) is 1.14. The minimum atomic E-state index is -3.17. The largest absolute Gasteiger partial charge is 0.352 e. The number of piperidine rings is 2. The van der Waals surface area contributed by atoms with Gasteiger partial charge in [0.15, 0.2) is 11.5 Å². The van der Waals surface area contributed by atoms with E-state index >= 15 is 0 Å². The van der Waals surface area contributed by atoms with Gasteiger partial charge in [0.05, 0.1) is 25.2 Å². The zero-order valence-corrected chi connectivity index (χ0v) is 18.6. The van der Waals surface area contributed by atoms with Crippen molar-refractivity contribution >= 4 is 27.4 Å². The third-order valence-corrected chi connectivity index (χ3v) is 7.35. The first kappa shape index (κ1) is 21.1. The van der Waals surface area contributed by atoms with Crippen LogP contribution in [0.5, 0.6) is 0 Å². The molecule has 2 N–H and O–H groups in total. The van der Waals surface area contributed by atoms with Crippen LogP contribution >= 0.6 is 0 Å². The van der Waals surface area contributed by atoms with E-state index in [0.717, 1.165) is 12.0 Å². The van der Waals surface area contributed by atoms with Crippen molar-refractivity contribution in [2.24, 2.45) is 0 Å². The molecule has 2 aliphatic rings. The van der Waals surface area contributed by atoms with Gasteiger partial charge in [0.25, 0.3) is 0 Å². The number of hydrogen-bond acceptors (Lipinski definition) is 8. The van der Waals surface area contributed by atoms with Crippen molar-refractivity contribution in [2.75, 3.05) is 42.7 Å². The molecule has 2 saturated heterocycles. The van der Waals surface area contributed by atoms with Gasteiger partial charge >= 0.3 is 0 Å². The van der Waals surface area contributed by atoms with Crippen molar-refractivity contribution in [3.63, 3.8) is 0 Å². The van der Waals surface area contributed by atoms with Gasteiger partial charge in [0, 0.05) is 37.4 Å². The fourth-order valence-electron chi connectivity index (χ4n) is 4.40. The molecule has 1 atom stereocenters. The summed E-state index contributed by atoms with van der Waals surface area (Å²) in [4.78, 5) is 11.1. The minimum Gasteiger partial charge on any atom is -0.352 e. The molecule has 5 heterocycles. The number of alkyl halides is 1. The summed E-state index contributed by atoms with van der Waals surface area (Å²) in [6.45, 7) is 1.91. The van der Waals surface area contributed by atoms with Gasteiger partial charge in [-0.25, -0.2) is 22.1 Å². The zero-order valence-electron chi connectivity index (χ0n) is 17.8. The number of halogens is 1. The summed E-state index contributed by atoms with van der Waals surface area (Å²) < 4.78 is 40.9. The van der Waals surface area contributed by atoms with Crippen LogP contribution in [-0.2, 0) is 10.0 Å². The standard InChI is InChI=1S/C19H26FN9O2S/c1-32(30,31)28-7-4-15(5-8-28)24-19-25-16-11-21-17(13-9-22-23-10-13)18(29(16)26-19)27-6-2-3-14(20)12-27/h9-11,14-15H,2-8,12H2,1H3,(H,22,23)(H,24,26). The van der Waals surface area contributed by atoms with E-state index in [1.807, 2.05) is 4.90 Å². The van der Waals surface area contributed by atoms with Crippen LogP contribution in [0.1, 0.15) is 25.7 Å². The highest BCUT2D eigenvalue weighted by Crippen LogP contribution is 2.31. The Bertz CT molecular complexity index is 1190. The Kier molecular flexibility index (Phi) is 5.45. The zero-order chi connectivity index (χ0) is 22.3. The molecule has 0 saturated carbocycles. The van der Waals surface area contributed by atoms with Crippen molar-refractivity contribution in [3.05, 3.63) is 18.6 Å². The second kappa shape index (κ2) is 8.28. The Morgan fingerprint density at radius 2 is 2.00 bits per heavy atom. The van der Waals surface area contributed by atoms with Crippen LogP contribution in [-0.4, -0.2) is 87.2 Å². The van der Waals surface area contributed by atoms with E-state index in [0.29, 0.717) is 62.0 Å². The molecule has 5 rings (SSSR count). The lowest BCUT2D eigenvalue weighted by atomic mass is 10.1. The fourth-order valence-corrected chi connectivity index (χ4v) is 5.28. The molecule has 2 fully saturated rings. The predicted octanol–water partition coefficient (Wildman–Crippen LogP) is 1.29. The van der Waals surface area contributed by atoms with Crippen LogP contribution in [0, 0.1) is 0 Å². The van der Waals surface area contributed by atoms with Crippen LogP contribution < -0.4 is 10.2 Å². The summed E-state index contributed by atoms with van der Waals surface area (Å²) in [7, 11) is -3.17. The molecule has 2 aliphatic heterocycles. The Labute approximate surface area is 185 Å². The fraction of sp³-hybridized carbons (Fsp3) is 0.579. The molecule has 0 amide bonds. The highest BCUT2D eigenvalue weighted by Gasteiger charge is 2.28. The molecule has 0 radical (unpaired) electrons. The number of sulfonamides is 1. The molecule has 3 aromatic heterocycles. The van der Waals surface area contributed by atoms with Gasteiger partial charge in [-0.2, -0.15) is 14.6 Å². The number of aromatic nitrogens is 6. The highest BCUT2D eigenvalue weighted by molar-refractivity contribution is 7.88. The van der Waals surface area contributed by atoms with E-state index in [9.17, 15) is 12.8 Å². The molecule has 0 aliphatic carbocycles. The van der Waals surface area contributed by atoms with Gasteiger partial charge in [-0.15, -0.1) is 5.10 Å². The smallest absolute Gasteiger partial charge is 0.243 e. The van der Waals surface area contributed by atoms with Gasteiger partial charge in [-0.3, -0.25) is 5.10 Å². The molecule has 13 heteroatoms. The van der Waals surface area contributed by atoms with Gasteiger partial charge in [0.1, 0.15) is 11.9 Å². The molecule has 0 spiro atoms. The maximum absolute atomic E-state index is 14.2. The monoisotopic (exact) mass is 463 g/mol. The summed E-state index contributed by atoms with van der Waals surface area (Å²) >= 11 is 0. The summed E-state index contributed by atoms with van der Waals surface area (Å²) in [6.07, 6.45) is 8.05. The second-order valence-electron chi connectivity index (χ2n) is 8.39. The van der Waals surface area contributed by atoms with Gasteiger partial charge < -0.3 is 10.2 Å². The van der Waals surface area contributed by atoms with E-state index in [1.54, 1.807) is 23.1 Å². The molecule has 11 nitrogen and oxygen atoms in total. The molecular formula is C19H26FN9O2S. The number of fused-ring (bicyclic) bond motifs is 1. The predicted molar refractivity (Wildman–Crippen MR) is 118 cm³/mol. The number of hydrogen-bond donors (Lipinski definition) is 2. The van der Waals surface area contributed by atoms with Gasteiger partial charge in [-0.1, -0.05) is 0 Å². The number of H-pyrrole nitrogens is 1. The van der Waals surface area contributed by atoms with Crippen LogP contribution in [0.4, 0.5) is 16.2 Å². The highest BCUT2D eigenvalue weighted by atomic mass is 32.2. The molecule has 1 unspecified atom stereocenters. The maximum Gasteiger partial charge on any atom is 0.243 e. The van der Waals surface area contributed by atoms with E-state index in [-0.39, 0.29) is 12.6 Å². The molecule has 0 bridgehead atoms. The molecule has 32 heavy (non-hydrogen) atoms. The lowest BCUT2D eigenvalue weighted by molar-refractivity contribution is 0.285. The Morgan fingerprint density at radius 1 is 1.19 bits per heavy atom. The first-order valence-electron chi connectivity index (χ1n) is 10.7. The van der Waals surface area contributed by atoms with Gasteiger partial charge in [-0.05, 0) is 25.7 Å². The first-order valence-corrected chi connectivity index (χ1v) is 12.6. The second-order valence-corrected chi connectivity index (χ2v) is 10.4. The first-order chi connectivity index (χ1) is 15.4. The van der Waals surface area contributed by atoms with Crippen molar-refractivity contribution < 1.29 is 12.8 Å². The summed E-state index contributed by atoms with van der Waals surface area (Å²) in [5, 5.41) is 14.8. The minimum absolute atomic E-state index is 0.0698. The van der Waals surface area contributed by atoms with E-state index in [1.165, 1.54) is 10.6 Å².